The normalized spacial score (nSPS) is 18.1. The zero-order valence-electron chi connectivity index (χ0n) is 18.1. The van der Waals surface area contributed by atoms with Gasteiger partial charge in [0.15, 0.2) is 11.5 Å². The minimum atomic E-state index is -1.04. The zero-order valence-corrected chi connectivity index (χ0v) is 18.1. The molecule has 0 unspecified atom stereocenters. The van der Waals surface area contributed by atoms with Crippen LogP contribution in [0.4, 0.5) is 0 Å². The lowest BCUT2D eigenvalue weighted by atomic mass is 9.81. The Balaban J connectivity index is 2.27. The van der Waals surface area contributed by atoms with Crippen LogP contribution in [-0.4, -0.2) is 32.7 Å². The first kappa shape index (κ1) is 21.0. The van der Waals surface area contributed by atoms with Gasteiger partial charge in [0.25, 0.3) is 0 Å². The number of aromatic nitrogens is 2. The van der Waals surface area contributed by atoms with Crippen LogP contribution in [0.15, 0.2) is 36.4 Å². The molecule has 6 heteroatoms. The van der Waals surface area contributed by atoms with Crippen LogP contribution >= 0.6 is 0 Å². The van der Waals surface area contributed by atoms with Crippen molar-refractivity contribution in [3.63, 3.8) is 0 Å². The van der Waals surface area contributed by atoms with Gasteiger partial charge in [0.05, 0.1) is 11.8 Å². The van der Waals surface area contributed by atoms with Crippen LogP contribution < -0.4 is 0 Å². The third-order valence-corrected chi connectivity index (χ3v) is 5.11. The van der Waals surface area contributed by atoms with E-state index in [0.29, 0.717) is 5.57 Å². The second-order valence-electron chi connectivity index (χ2n) is 8.42. The van der Waals surface area contributed by atoms with E-state index in [-0.39, 0.29) is 18.0 Å². The number of esters is 1. The van der Waals surface area contributed by atoms with Gasteiger partial charge in [-0.15, -0.1) is 0 Å². The Morgan fingerprint density at radius 3 is 2.45 bits per heavy atom. The molecule has 0 bridgehead atoms. The number of benzene rings is 1. The van der Waals surface area contributed by atoms with Crippen molar-refractivity contribution in [1.82, 2.24) is 9.78 Å². The Morgan fingerprint density at radius 1 is 1.17 bits per heavy atom. The molecule has 0 saturated heterocycles. The highest BCUT2D eigenvalue weighted by molar-refractivity contribution is 6.26. The maximum Gasteiger partial charge on any atom is 0.310 e. The van der Waals surface area contributed by atoms with Gasteiger partial charge in [0.2, 0.25) is 0 Å². The maximum absolute atomic E-state index is 13.4. The molecule has 0 spiro atoms. The average molecular weight is 396 g/mol. The summed E-state index contributed by atoms with van der Waals surface area (Å²) in [5.41, 5.74) is 1.95. The van der Waals surface area contributed by atoms with Crippen molar-refractivity contribution in [1.29, 1.82) is 0 Å². The summed E-state index contributed by atoms with van der Waals surface area (Å²) >= 11 is 0. The molecule has 1 aromatic carbocycles. The van der Waals surface area contributed by atoms with Crippen LogP contribution in [0, 0.1) is 6.92 Å². The smallest absolute Gasteiger partial charge is 0.310 e. The van der Waals surface area contributed by atoms with Crippen molar-refractivity contribution in [2.24, 2.45) is 7.05 Å². The van der Waals surface area contributed by atoms with E-state index in [1.165, 1.54) is 0 Å². The lowest BCUT2D eigenvalue weighted by Crippen LogP contribution is -2.50. The molecular weight excluding hydrogens is 368 g/mol. The average Bonchev–Trinajstić information content (AvgIpc) is 3.06. The molecule has 0 fully saturated rings. The van der Waals surface area contributed by atoms with Crippen LogP contribution in [0.1, 0.15) is 52.2 Å². The van der Waals surface area contributed by atoms with Crippen molar-refractivity contribution in [3.05, 3.63) is 47.5 Å². The second-order valence-corrected chi connectivity index (χ2v) is 8.42. The summed E-state index contributed by atoms with van der Waals surface area (Å²) in [5.74, 6) is -0.343. The van der Waals surface area contributed by atoms with Crippen molar-refractivity contribution < 1.29 is 19.1 Å². The van der Waals surface area contributed by atoms with E-state index in [9.17, 15) is 9.59 Å². The lowest BCUT2D eigenvalue weighted by molar-refractivity contribution is -0.165. The van der Waals surface area contributed by atoms with Crippen LogP contribution in [0.3, 0.4) is 0 Å². The minimum Gasteiger partial charge on any atom is -0.427 e. The van der Waals surface area contributed by atoms with Gasteiger partial charge < -0.3 is 9.47 Å². The molecule has 2 heterocycles. The Hall–Kier alpha value is -2.73. The van der Waals surface area contributed by atoms with Crippen LogP contribution in [0.5, 0.6) is 0 Å². The molecular formula is C23H28N2O4. The number of rotatable bonds is 4. The van der Waals surface area contributed by atoms with Gasteiger partial charge in [-0.2, -0.15) is 5.10 Å². The SMILES string of the molecule is CCC(=O)OC1=C(c2cc(-c3cnn(C)c3)ccc2C)C(=O)C(C)(C)OC1(C)C. The lowest BCUT2D eigenvalue weighted by Gasteiger charge is -2.42. The zero-order chi connectivity index (χ0) is 21.6. The van der Waals surface area contributed by atoms with E-state index in [0.717, 1.165) is 22.3 Å². The summed E-state index contributed by atoms with van der Waals surface area (Å²) < 4.78 is 13.4. The number of carbonyl (C=O) groups excluding carboxylic acids is 2. The van der Waals surface area contributed by atoms with Crippen molar-refractivity contribution >= 4 is 17.3 Å². The van der Waals surface area contributed by atoms with Crippen LogP contribution in [0.25, 0.3) is 16.7 Å². The first-order valence-electron chi connectivity index (χ1n) is 9.76. The van der Waals surface area contributed by atoms with Gasteiger partial charge in [0, 0.05) is 25.2 Å². The summed E-state index contributed by atoms with van der Waals surface area (Å²) in [6.07, 6.45) is 3.90. The second kappa shape index (κ2) is 7.26. The van der Waals surface area contributed by atoms with Gasteiger partial charge in [0.1, 0.15) is 11.2 Å². The fourth-order valence-electron chi connectivity index (χ4n) is 3.68. The van der Waals surface area contributed by atoms with Gasteiger partial charge in [-0.3, -0.25) is 14.3 Å². The number of aryl methyl sites for hydroxylation is 2. The van der Waals surface area contributed by atoms with E-state index < -0.39 is 17.2 Å². The highest BCUT2D eigenvalue weighted by atomic mass is 16.6. The molecule has 1 aliphatic heterocycles. The number of ketones is 1. The molecule has 0 N–H and O–H groups in total. The predicted molar refractivity (Wildman–Crippen MR) is 111 cm³/mol. The molecule has 0 aliphatic carbocycles. The van der Waals surface area contributed by atoms with E-state index >= 15 is 0 Å². The highest BCUT2D eigenvalue weighted by Gasteiger charge is 2.48. The Labute approximate surface area is 171 Å². The number of hydrogen-bond acceptors (Lipinski definition) is 5. The van der Waals surface area contributed by atoms with E-state index in [1.54, 1.807) is 31.6 Å². The summed E-state index contributed by atoms with van der Waals surface area (Å²) in [6.45, 7) is 10.8. The molecule has 0 amide bonds. The van der Waals surface area contributed by atoms with Gasteiger partial charge in [-0.25, -0.2) is 0 Å². The molecule has 0 radical (unpaired) electrons. The summed E-state index contributed by atoms with van der Waals surface area (Å²) in [5, 5.41) is 4.23. The van der Waals surface area contributed by atoms with E-state index in [1.807, 2.05) is 52.2 Å². The molecule has 2 aromatic rings. The molecule has 1 aromatic heterocycles. The Kier molecular flexibility index (Phi) is 5.26. The van der Waals surface area contributed by atoms with E-state index in [2.05, 4.69) is 5.10 Å². The highest BCUT2D eigenvalue weighted by Crippen LogP contribution is 2.43. The van der Waals surface area contributed by atoms with E-state index in [4.69, 9.17) is 9.47 Å². The first-order valence-corrected chi connectivity index (χ1v) is 9.76. The number of hydrogen-bond donors (Lipinski definition) is 0. The Morgan fingerprint density at radius 2 is 1.86 bits per heavy atom. The molecule has 154 valence electrons. The fraction of sp³-hybridized carbons (Fsp3) is 0.435. The van der Waals surface area contributed by atoms with Crippen molar-refractivity contribution in [3.8, 4) is 11.1 Å². The van der Waals surface area contributed by atoms with Crippen molar-refractivity contribution in [2.75, 3.05) is 0 Å². The topological polar surface area (TPSA) is 70.4 Å². The maximum atomic E-state index is 13.4. The van der Waals surface area contributed by atoms with Gasteiger partial charge in [-0.05, 0) is 57.4 Å². The summed E-state index contributed by atoms with van der Waals surface area (Å²) in [6, 6.07) is 5.91. The molecule has 6 nitrogen and oxygen atoms in total. The van der Waals surface area contributed by atoms with Crippen LogP contribution in [-0.2, 0) is 26.1 Å². The van der Waals surface area contributed by atoms with Crippen molar-refractivity contribution in [2.45, 2.75) is 59.2 Å². The van der Waals surface area contributed by atoms with Gasteiger partial charge >= 0.3 is 5.97 Å². The molecule has 0 saturated carbocycles. The first-order chi connectivity index (χ1) is 13.5. The predicted octanol–water partition coefficient (Wildman–Crippen LogP) is 4.22. The third kappa shape index (κ3) is 3.90. The summed E-state index contributed by atoms with van der Waals surface area (Å²) in [4.78, 5) is 25.6. The quantitative estimate of drug-likeness (QED) is 0.724. The molecule has 0 atom stereocenters. The summed E-state index contributed by atoms with van der Waals surface area (Å²) in [7, 11) is 1.86. The fourth-order valence-corrected chi connectivity index (χ4v) is 3.68. The Bertz CT molecular complexity index is 1010. The monoisotopic (exact) mass is 396 g/mol. The van der Waals surface area contributed by atoms with Gasteiger partial charge in [-0.1, -0.05) is 19.1 Å². The standard InChI is InChI=1S/C23H28N2O4/c1-8-18(26)28-21-19(20(27)22(3,4)29-23(21,5)6)17-11-15(10-9-14(17)2)16-12-24-25(7)13-16/h9-13H,8H2,1-7H3. The number of carbonyl (C=O) groups is 2. The molecule has 29 heavy (non-hydrogen) atoms. The third-order valence-electron chi connectivity index (χ3n) is 5.11. The largest absolute Gasteiger partial charge is 0.427 e. The number of nitrogens with zero attached hydrogens (tertiary/aromatic N) is 2. The molecule has 3 rings (SSSR count). The molecule has 1 aliphatic rings. The minimum absolute atomic E-state index is 0.206. The van der Waals surface area contributed by atoms with Crippen LogP contribution in [0.2, 0.25) is 0 Å². The number of Topliss-reactive ketones (excluding diaryl/α,β-unsaturated/α-hetero) is 1. The number of ether oxygens (including phenoxy) is 2.